The fourth-order valence-corrected chi connectivity index (χ4v) is 3.43. The van der Waals surface area contributed by atoms with Gasteiger partial charge in [0.25, 0.3) is 5.91 Å². The second kappa shape index (κ2) is 6.95. The van der Waals surface area contributed by atoms with Gasteiger partial charge in [-0.3, -0.25) is 4.79 Å². The van der Waals surface area contributed by atoms with E-state index in [0.29, 0.717) is 18.8 Å². The molecule has 1 saturated heterocycles. The van der Waals surface area contributed by atoms with Crippen LogP contribution in [0.3, 0.4) is 0 Å². The van der Waals surface area contributed by atoms with Gasteiger partial charge in [-0.05, 0) is 56.1 Å². The lowest BCUT2D eigenvalue weighted by Crippen LogP contribution is -2.51. The maximum absolute atomic E-state index is 12.7. The van der Waals surface area contributed by atoms with E-state index in [1.54, 1.807) is 7.11 Å². The molecule has 0 aliphatic carbocycles. The third kappa shape index (κ3) is 3.32. The Balaban J connectivity index is 1.78. The van der Waals surface area contributed by atoms with Crippen LogP contribution in [0, 0.1) is 5.92 Å². The van der Waals surface area contributed by atoms with Crippen molar-refractivity contribution in [3.63, 3.8) is 0 Å². The van der Waals surface area contributed by atoms with E-state index in [1.165, 1.54) is 5.52 Å². The molecule has 3 rings (SSSR count). The molecule has 1 fully saturated rings. The van der Waals surface area contributed by atoms with Crippen LogP contribution in [0.15, 0.2) is 30.5 Å². The summed E-state index contributed by atoms with van der Waals surface area (Å²) in [6.07, 6.45) is 3.50. The van der Waals surface area contributed by atoms with Crippen molar-refractivity contribution in [3.05, 3.63) is 30.5 Å². The summed E-state index contributed by atoms with van der Waals surface area (Å²) in [6.45, 7) is 7.03. The Morgan fingerprint density at radius 3 is 2.75 bits per heavy atom. The zero-order valence-corrected chi connectivity index (χ0v) is 14.8. The van der Waals surface area contributed by atoms with Crippen LogP contribution in [0.25, 0.3) is 10.9 Å². The second-order valence-electron chi connectivity index (χ2n) is 7.04. The van der Waals surface area contributed by atoms with Crippen molar-refractivity contribution in [2.24, 2.45) is 5.92 Å². The topological polar surface area (TPSA) is 55.3 Å². The van der Waals surface area contributed by atoms with E-state index in [9.17, 15) is 4.79 Å². The number of carbonyl (C=O) groups excluding carboxylic acids is 1. The highest BCUT2D eigenvalue weighted by molar-refractivity contribution is 5.99. The van der Waals surface area contributed by atoms with Crippen LogP contribution < -0.4 is 10.6 Å². The molecular formula is C19H27N3O2. The van der Waals surface area contributed by atoms with Gasteiger partial charge in [0.1, 0.15) is 5.60 Å². The zero-order valence-electron chi connectivity index (χ0n) is 14.8. The molecule has 130 valence electrons. The zero-order chi connectivity index (χ0) is 17.2. The van der Waals surface area contributed by atoms with Gasteiger partial charge in [0, 0.05) is 36.4 Å². The van der Waals surface area contributed by atoms with E-state index in [-0.39, 0.29) is 5.91 Å². The number of hydrogen-bond donors (Lipinski definition) is 2. The second-order valence-corrected chi connectivity index (χ2v) is 7.04. The number of rotatable bonds is 5. The summed E-state index contributed by atoms with van der Waals surface area (Å²) in [5.74, 6) is 0.550. The molecule has 0 saturated carbocycles. The van der Waals surface area contributed by atoms with Gasteiger partial charge in [-0.2, -0.15) is 0 Å². The van der Waals surface area contributed by atoms with Gasteiger partial charge >= 0.3 is 0 Å². The maximum atomic E-state index is 12.7. The van der Waals surface area contributed by atoms with Crippen molar-refractivity contribution in [1.82, 2.24) is 9.88 Å². The summed E-state index contributed by atoms with van der Waals surface area (Å²) in [7, 11) is 1.63. The van der Waals surface area contributed by atoms with Crippen molar-refractivity contribution in [1.29, 1.82) is 0 Å². The molecule has 1 aromatic heterocycles. The lowest BCUT2D eigenvalue weighted by atomic mass is 9.91. The fraction of sp³-hybridized carbons (Fsp3) is 0.526. The predicted molar refractivity (Wildman–Crippen MR) is 97.2 cm³/mol. The van der Waals surface area contributed by atoms with E-state index < -0.39 is 5.60 Å². The minimum atomic E-state index is -0.718. The van der Waals surface area contributed by atoms with Gasteiger partial charge in [-0.15, -0.1) is 0 Å². The lowest BCUT2D eigenvalue weighted by Gasteiger charge is -2.34. The highest BCUT2D eigenvalue weighted by Crippen LogP contribution is 2.26. The number of carbonyl (C=O) groups is 1. The number of ether oxygens (including phenoxy) is 1. The van der Waals surface area contributed by atoms with Crippen molar-refractivity contribution in [2.75, 3.05) is 25.5 Å². The van der Waals surface area contributed by atoms with E-state index in [0.717, 1.165) is 30.7 Å². The summed E-state index contributed by atoms with van der Waals surface area (Å²) in [4.78, 5) is 12.7. The number of methoxy groups -OCH3 is 1. The average Bonchev–Trinajstić information content (AvgIpc) is 2.97. The van der Waals surface area contributed by atoms with E-state index in [1.807, 2.05) is 12.1 Å². The quantitative estimate of drug-likeness (QED) is 0.886. The monoisotopic (exact) mass is 329 g/mol. The third-order valence-electron chi connectivity index (χ3n) is 4.81. The Bertz CT molecular complexity index is 714. The number of nitrogens with zero attached hydrogens (tertiary/aromatic N) is 1. The van der Waals surface area contributed by atoms with Gasteiger partial charge in [0.15, 0.2) is 0 Å². The summed E-state index contributed by atoms with van der Waals surface area (Å²) in [5, 5.41) is 7.46. The first-order valence-electron chi connectivity index (χ1n) is 8.70. The number of piperidine rings is 1. The van der Waals surface area contributed by atoms with Crippen LogP contribution in [0.4, 0.5) is 5.69 Å². The van der Waals surface area contributed by atoms with E-state index in [2.05, 4.69) is 47.4 Å². The summed E-state index contributed by atoms with van der Waals surface area (Å²) in [6, 6.07) is 8.19. The number of amides is 1. The summed E-state index contributed by atoms with van der Waals surface area (Å²) >= 11 is 0. The molecule has 1 aliphatic rings. The average molecular weight is 329 g/mol. The largest absolute Gasteiger partial charge is 0.368 e. The molecule has 1 aliphatic heterocycles. The lowest BCUT2D eigenvalue weighted by molar-refractivity contribution is -0.140. The summed E-state index contributed by atoms with van der Waals surface area (Å²) < 4.78 is 7.85. The molecule has 0 unspecified atom stereocenters. The van der Waals surface area contributed by atoms with Gasteiger partial charge in [0.2, 0.25) is 0 Å². The molecule has 2 aromatic rings. The van der Waals surface area contributed by atoms with Crippen molar-refractivity contribution >= 4 is 22.5 Å². The number of nitrogens with one attached hydrogen (secondary N) is 2. The maximum Gasteiger partial charge on any atom is 0.256 e. The number of hydrogen-bond acceptors (Lipinski definition) is 3. The molecule has 0 bridgehead atoms. The highest BCUT2D eigenvalue weighted by Gasteiger charge is 2.39. The number of aromatic nitrogens is 1. The van der Waals surface area contributed by atoms with Crippen LogP contribution in [-0.2, 0) is 16.1 Å². The molecule has 1 aromatic carbocycles. The molecule has 0 atom stereocenters. The van der Waals surface area contributed by atoms with Gasteiger partial charge in [-0.1, -0.05) is 13.8 Å². The first kappa shape index (κ1) is 17.0. The van der Waals surface area contributed by atoms with Gasteiger partial charge in [-0.25, -0.2) is 0 Å². The standard InChI is InChI=1S/C19H27N3O2/c1-14(2)13-22-11-6-15-12-16(4-5-17(15)22)21-18(23)19(24-3)7-9-20-10-8-19/h4-6,11-12,14,20H,7-10,13H2,1-3H3,(H,21,23). The molecule has 1 amide bonds. The molecule has 5 heteroatoms. The molecule has 0 spiro atoms. The van der Waals surface area contributed by atoms with Crippen molar-refractivity contribution in [3.8, 4) is 0 Å². The van der Waals surface area contributed by atoms with Crippen molar-refractivity contribution < 1.29 is 9.53 Å². The normalized spacial score (nSPS) is 17.3. The highest BCUT2D eigenvalue weighted by atomic mass is 16.5. The first-order valence-corrected chi connectivity index (χ1v) is 8.70. The Kier molecular flexibility index (Phi) is 4.92. The Morgan fingerprint density at radius 1 is 1.33 bits per heavy atom. The predicted octanol–water partition coefficient (Wildman–Crippen LogP) is 3.00. The Hall–Kier alpha value is -1.85. The van der Waals surface area contributed by atoms with Gasteiger partial charge in [0.05, 0.1) is 0 Å². The van der Waals surface area contributed by atoms with Crippen molar-refractivity contribution in [2.45, 2.75) is 38.8 Å². The number of fused-ring (bicyclic) bond motifs is 1. The van der Waals surface area contributed by atoms with Crippen LogP contribution in [0.1, 0.15) is 26.7 Å². The smallest absolute Gasteiger partial charge is 0.256 e. The van der Waals surface area contributed by atoms with Gasteiger partial charge < -0.3 is 19.9 Å². The van der Waals surface area contributed by atoms with E-state index in [4.69, 9.17) is 4.74 Å². The SMILES string of the molecule is COC1(C(=O)Nc2ccc3c(ccn3CC(C)C)c2)CCNCC1. The number of benzene rings is 1. The van der Waals surface area contributed by atoms with Crippen LogP contribution in [0.5, 0.6) is 0 Å². The van der Waals surface area contributed by atoms with Crippen LogP contribution in [-0.4, -0.2) is 36.3 Å². The fourth-order valence-electron chi connectivity index (χ4n) is 3.43. The molecule has 24 heavy (non-hydrogen) atoms. The Morgan fingerprint density at radius 2 is 2.08 bits per heavy atom. The van der Waals surface area contributed by atoms with Crippen LogP contribution >= 0.6 is 0 Å². The number of anilines is 1. The molecule has 2 N–H and O–H groups in total. The Labute approximate surface area is 143 Å². The minimum Gasteiger partial charge on any atom is -0.368 e. The minimum absolute atomic E-state index is 0.0486. The molecular weight excluding hydrogens is 302 g/mol. The molecule has 2 heterocycles. The summed E-state index contributed by atoms with van der Waals surface area (Å²) in [5.41, 5.74) is 1.30. The molecule has 5 nitrogen and oxygen atoms in total. The van der Waals surface area contributed by atoms with Crippen LogP contribution in [0.2, 0.25) is 0 Å². The third-order valence-corrected chi connectivity index (χ3v) is 4.81. The van der Waals surface area contributed by atoms with E-state index >= 15 is 0 Å². The molecule has 0 radical (unpaired) electrons. The first-order chi connectivity index (χ1) is 11.5.